The molecule has 0 bridgehead atoms. The molecule has 2 aliphatic rings. The molecule has 2 heterocycles. The number of anilines is 1. The van der Waals surface area contributed by atoms with E-state index in [1.807, 2.05) is 31.2 Å². The Labute approximate surface area is 177 Å². The van der Waals surface area contributed by atoms with Crippen LogP contribution in [0.3, 0.4) is 0 Å². The number of benzene rings is 2. The standard InChI is InChI=1S/C23H28ClN5/c1-15(25)23-20-7-2-17(16-8-11-27-12-9-16)14-21(20)22(10-13-29(23)26)28-19-5-3-18(24)4-6-19/h2-8,14,22,27-28H,9-13,25-26H2,1H3/b23-15-. The van der Waals surface area contributed by atoms with Crippen LogP contribution in [0.2, 0.25) is 5.02 Å². The first-order valence-electron chi connectivity index (χ1n) is 10.1. The molecule has 0 saturated heterocycles. The third-order valence-electron chi connectivity index (χ3n) is 5.62. The number of nitrogens with one attached hydrogen (secondary N) is 2. The highest BCUT2D eigenvalue weighted by Crippen LogP contribution is 2.37. The maximum Gasteiger partial charge on any atom is 0.0777 e. The van der Waals surface area contributed by atoms with Crippen LogP contribution in [0.25, 0.3) is 11.3 Å². The summed E-state index contributed by atoms with van der Waals surface area (Å²) < 4.78 is 0. The predicted octanol–water partition coefficient (Wildman–Crippen LogP) is 4.10. The fourth-order valence-corrected chi connectivity index (χ4v) is 4.30. The molecule has 1 atom stereocenters. The minimum absolute atomic E-state index is 0.122. The first-order chi connectivity index (χ1) is 14.0. The predicted molar refractivity (Wildman–Crippen MR) is 122 cm³/mol. The molecular weight excluding hydrogens is 382 g/mol. The zero-order valence-corrected chi connectivity index (χ0v) is 17.5. The van der Waals surface area contributed by atoms with Gasteiger partial charge in [-0.05, 0) is 73.3 Å². The lowest BCUT2D eigenvalue weighted by atomic mass is 9.91. The van der Waals surface area contributed by atoms with Gasteiger partial charge in [-0.2, -0.15) is 0 Å². The highest BCUT2D eigenvalue weighted by Gasteiger charge is 2.26. The Morgan fingerprint density at radius 1 is 1.21 bits per heavy atom. The lowest BCUT2D eigenvalue weighted by Crippen LogP contribution is -2.31. The molecule has 0 saturated carbocycles. The van der Waals surface area contributed by atoms with Crippen LogP contribution in [0.1, 0.15) is 42.5 Å². The number of nitrogens with two attached hydrogens (primary N) is 2. The van der Waals surface area contributed by atoms with Crippen molar-refractivity contribution in [3.05, 3.63) is 76.0 Å². The fourth-order valence-electron chi connectivity index (χ4n) is 4.18. The van der Waals surface area contributed by atoms with E-state index in [2.05, 4.69) is 34.9 Å². The van der Waals surface area contributed by atoms with Crippen LogP contribution in [-0.4, -0.2) is 24.6 Å². The molecule has 0 aromatic heterocycles. The van der Waals surface area contributed by atoms with E-state index >= 15 is 0 Å². The van der Waals surface area contributed by atoms with Crippen LogP contribution in [0.15, 0.2) is 54.2 Å². The van der Waals surface area contributed by atoms with Gasteiger partial charge in [-0.25, -0.2) is 5.84 Å². The van der Waals surface area contributed by atoms with Gasteiger partial charge in [-0.1, -0.05) is 29.8 Å². The van der Waals surface area contributed by atoms with Crippen LogP contribution in [-0.2, 0) is 0 Å². The van der Waals surface area contributed by atoms with Crippen molar-refractivity contribution in [1.82, 2.24) is 10.3 Å². The van der Waals surface area contributed by atoms with Crippen LogP contribution in [0.4, 0.5) is 5.69 Å². The Morgan fingerprint density at radius 2 is 2.00 bits per heavy atom. The second kappa shape index (κ2) is 8.49. The first kappa shape index (κ1) is 19.8. The monoisotopic (exact) mass is 409 g/mol. The maximum atomic E-state index is 6.38. The lowest BCUT2D eigenvalue weighted by molar-refractivity contribution is 0.402. The normalized spacial score (nSPS) is 21.1. The number of hydrazine groups is 1. The molecule has 1 unspecified atom stereocenters. The minimum atomic E-state index is 0.122. The van der Waals surface area contributed by atoms with E-state index < -0.39 is 0 Å². The molecule has 2 aromatic rings. The van der Waals surface area contributed by atoms with E-state index in [1.54, 1.807) is 5.01 Å². The molecule has 5 nitrogen and oxygen atoms in total. The molecule has 4 rings (SSSR count). The van der Waals surface area contributed by atoms with Gasteiger partial charge in [0, 0.05) is 35.1 Å². The molecule has 29 heavy (non-hydrogen) atoms. The smallest absolute Gasteiger partial charge is 0.0777 e. The SMILES string of the molecule is C/C(N)=C1\c2ccc(C3=CCNCC3)cc2C(Nc2ccc(Cl)cc2)CCN1N. The van der Waals surface area contributed by atoms with Gasteiger partial charge in [0.1, 0.15) is 0 Å². The van der Waals surface area contributed by atoms with Crippen LogP contribution in [0, 0.1) is 0 Å². The summed E-state index contributed by atoms with van der Waals surface area (Å²) in [6, 6.07) is 14.6. The van der Waals surface area contributed by atoms with Gasteiger partial charge in [0.05, 0.1) is 11.7 Å². The van der Waals surface area contributed by atoms with E-state index in [1.165, 1.54) is 16.7 Å². The van der Waals surface area contributed by atoms with Crippen molar-refractivity contribution in [3.8, 4) is 0 Å². The Balaban J connectivity index is 1.79. The van der Waals surface area contributed by atoms with Crippen molar-refractivity contribution in [2.45, 2.75) is 25.8 Å². The second-order valence-electron chi connectivity index (χ2n) is 7.70. The maximum absolute atomic E-state index is 6.38. The van der Waals surface area contributed by atoms with Gasteiger partial charge in [0.15, 0.2) is 0 Å². The van der Waals surface area contributed by atoms with Crippen molar-refractivity contribution < 1.29 is 0 Å². The summed E-state index contributed by atoms with van der Waals surface area (Å²) in [5.41, 5.74) is 13.9. The van der Waals surface area contributed by atoms with Crippen LogP contribution < -0.4 is 22.2 Å². The Hall–Kier alpha value is -2.47. The Morgan fingerprint density at radius 3 is 2.69 bits per heavy atom. The van der Waals surface area contributed by atoms with Gasteiger partial charge >= 0.3 is 0 Å². The van der Waals surface area contributed by atoms with E-state index in [9.17, 15) is 0 Å². The molecule has 2 aliphatic heterocycles. The highest BCUT2D eigenvalue weighted by atomic mass is 35.5. The third-order valence-corrected chi connectivity index (χ3v) is 5.87. The molecular formula is C23H28ClN5. The molecule has 6 N–H and O–H groups in total. The van der Waals surface area contributed by atoms with Crippen LogP contribution >= 0.6 is 11.6 Å². The molecule has 0 spiro atoms. The molecule has 0 fully saturated rings. The summed E-state index contributed by atoms with van der Waals surface area (Å²) in [5.74, 6) is 6.38. The number of rotatable bonds is 3. The third kappa shape index (κ3) is 4.27. The molecule has 0 amide bonds. The van der Waals surface area contributed by atoms with E-state index in [-0.39, 0.29) is 6.04 Å². The van der Waals surface area contributed by atoms with Crippen molar-refractivity contribution in [3.63, 3.8) is 0 Å². The summed E-state index contributed by atoms with van der Waals surface area (Å²) in [6.07, 6.45) is 4.19. The zero-order chi connectivity index (χ0) is 20.4. The number of fused-ring (bicyclic) bond motifs is 1. The van der Waals surface area contributed by atoms with Crippen molar-refractivity contribution >= 4 is 28.6 Å². The van der Waals surface area contributed by atoms with Crippen molar-refractivity contribution in [2.24, 2.45) is 11.6 Å². The number of nitrogens with zero attached hydrogens (tertiary/aromatic N) is 1. The van der Waals surface area contributed by atoms with Gasteiger partial charge in [-0.15, -0.1) is 0 Å². The molecule has 6 heteroatoms. The number of hydrogen-bond donors (Lipinski definition) is 4. The largest absolute Gasteiger partial charge is 0.401 e. The van der Waals surface area contributed by atoms with Gasteiger partial charge in [0.25, 0.3) is 0 Å². The van der Waals surface area contributed by atoms with Crippen LogP contribution in [0.5, 0.6) is 0 Å². The zero-order valence-electron chi connectivity index (χ0n) is 16.7. The summed E-state index contributed by atoms with van der Waals surface area (Å²) in [7, 11) is 0. The first-order valence-corrected chi connectivity index (χ1v) is 10.5. The summed E-state index contributed by atoms with van der Waals surface area (Å²) in [5, 5.41) is 9.57. The Bertz CT molecular complexity index is 944. The average Bonchev–Trinajstić information content (AvgIpc) is 2.86. The highest BCUT2D eigenvalue weighted by molar-refractivity contribution is 6.30. The number of hydrogen-bond acceptors (Lipinski definition) is 5. The van der Waals surface area contributed by atoms with Gasteiger partial charge in [-0.3, -0.25) is 0 Å². The van der Waals surface area contributed by atoms with Crippen molar-refractivity contribution in [2.75, 3.05) is 25.0 Å². The quantitative estimate of drug-likeness (QED) is 0.574. The molecule has 2 aromatic carbocycles. The summed E-state index contributed by atoms with van der Waals surface area (Å²) in [4.78, 5) is 0. The van der Waals surface area contributed by atoms with E-state index in [0.717, 1.165) is 53.6 Å². The number of allylic oxidation sites excluding steroid dienone is 1. The second-order valence-corrected chi connectivity index (χ2v) is 8.14. The molecule has 0 radical (unpaired) electrons. The minimum Gasteiger partial charge on any atom is -0.401 e. The molecule has 152 valence electrons. The summed E-state index contributed by atoms with van der Waals surface area (Å²) in [6.45, 7) is 4.56. The average molecular weight is 410 g/mol. The van der Waals surface area contributed by atoms with Crippen molar-refractivity contribution in [1.29, 1.82) is 0 Å². The fraction of sp³-hybridized carbons (Fsp3) is 0.304. The van der Waals surface area contributed by atoms with Gasteiger partial charge < -0.3 is 21.4 Å². The topological polar surface area (TPSA) is 79.3 Å². The van der Waals surface area contributed by atoms with E-state index in [4.69, 9.17) is 23.2 Å². The Kier molecular flexibility index (Phi) is 5.81. The van der Waals surface area contributed by atoms with Gasteiger partial charge in [0.2, 0.25) is 0 Å². The van der Waals surface area contributed by atoms with E-state index in [0.29, 0.717) is 6.54 Å². The lowest BCUT2D eigenvalue weighted by Gasteiger charge is -2.23. The molecule has 0 aliphatic carbocycles. The summed E-state index contributed by atoms with van der Waals surface area (Å²) >= 11 is 6.06. The number of halogens is 1.